The first-order valence-electron chi connectivity index (χ1n) is 4.27. The molecule has 2 heteroatoms. The smallest absolute Gasteiger partial charge is 0.0450 e. The standard InChI is InChI=1S/C11H11NS/c1-9-2-4-12-11(6-9)7-10-3-5-13-8-10/h2-6,8H,7H2,1H3. The van der Waals surface area contributed by atoms with Gasteiger partial charge in [0.2, 0.25) is 0 Å². The third-order valence-electron chi connectivity index (χ3n) is 1.94. The zero-order chi connectivity index (χ0) is 9.10. The number of thiophene rings is 1. The summed E-state index contributed by atoms with van der Waals surface area (Å²) >= 11 is 1.74. The van der Waals surface area contributed by atoms with Crippen molar-refractivity contribution in [3.05, 3.63) is 52.0 Å². The maximum Gasteiger partial charge on any atom is 0.0450 e. The van der Waals surface area contributed by atoms with Gasteiger partial charge in [-0.1, -0.05) is 0 Å². The van der Waals surface area contributed by atoms with E-state index in [0.29, 0.717) is 0 Å². The highest BCUT2D eigenvalue weighted by molar-refractivity contribution is 7.07. The molecule has 0 fully saturated rings. The van der Waals surface area contributed by atoms with Gasteiger partial charge in [0.1, 0.15) is 0 Å². The van der Waals surface area contributed by atoms with Crippen LogP contribution in [-0.2, 0) is 6.42 Å². The van der Waals surface area contributed by atoms with Gasteiger partial charge in [-0.2, -0.15) is 11.3 Å². The Morgan fingerprint density at radius 1 is 1.38 bits per heavy atom. The van der Waals surface area contributed by atoms with Crippen molar-refractivity contribution in [1.82, 2.24) is 4.98 Å². The number of hydrogen-bond acceptors (Lipinski definition) is 2. The van der Waals surface area contributed by atoms with Crippen LogP contribution < -0.4 is 0 Å². The molecule has 2 rings (SSSR count). The predicted octanol–water partition coefficient (Wildman–Crippen LogP) is 3.04. The monoisotopic (exact) mass is 189 g/mol. The lowest BCUT2D eigenvalue weighted by molar-refractivity contribution is 1.07. The van der Waals surface area contributed by atoms with E-state index in [0.717, 1.165) is 12.1 Å². The lowest BCUT2D eigenvalue weighted by Gasteiger charge is -1.98. The number of aryl methyl sites for hydroxylation is 1. The second-order valence-electron chi connectivity index (χ2n) is 3.13. The predicted molar refractivity (Wildman–Crippen MR) is 56.1 cm³/mol. The van der Waals surface area contributed by atoms with Crippen molar-refractivity contribution in [1.29, 1.82) is 0 Å². The Labute approximate surface area is 82.1 Å². The van der Waals surface area contributed by atoms with Gasteiger partial charge < -0.3 is 0 Å². The summed E-state index contributed by atoms with van der Waals surface area (Å²) in [5.74, 6) is 0. The van der Waals surface area contributed by atoms with Crippen LogP contribution in [0.5, 0.6) is 0 Å². The van der Waals surface area contributed by atoms with E-state index in [1.807, 2.05) is 12.3 Å². The van der Waals surface area contributed by atoms with Gasteiger partial charge in [-0.25, -0.2) is 0 Å². The van der Waals surface area contributed by atoms with Gasteiger partial charge in [0.15, 0.2) is 0 Å². The van der Waals surface area contributed by atoms with Crippen molar-refractivity contribution in [3.8, 4) is 0 Å². The number of nitrogens with zero attached hydrogens (tertiary/aromatic N) is 1. The van der Waals surface area contributed by atoms with E-state index in [-0.39, 0.29) is 0 Å². The lowest BCUT2D eigenvalue weighted by Crippen LogP contribution is -1.90. The highest BCUT2D eigenvalue weighted by Gasteiger charge is 1.97. The van der Waals surface area contributed by atoms with E-state index in [1.165, 1.54) is 11.1 Å². The van der Waals surface area contributed by atoms with E-state index in [4.69, 9.17) is 0 Å². The molecule has 2 aromatic heterocycles. The van der Waals surface area contributed by atoms with E-state index >= 15 is 0 Å². The fourth-order valence-electron chi connectivity index (χ4n) is 1.30. The number of pyridine rings is 1. The Kier molecular flexibility index (Phi) is 2.41. The third kappa shape index (κ3) is 2.16. The summed E-state index contributed by atoms with van der Waals surface area (Å²) in [5.41, 5.74) is 3.78. The summed E-state index contributed by atoms with van der Waals surface area (Å²) in [6, 6.07) is 6.31. The number of aromatic nitrogens is 1. The molecule has 0 saturated carbocycles. The van der Waals surface area contributed by atoms with E-state index in [9.17, 15) is 0 Å². The lowest BCUT2D eigenvalue weighted by atomic mass is 10.1. The van der Waals surface area contributed by atoms with E-state index in [2.05, 4.69) is 34.8 Å². The van der Waals surface area contributed by atoms with Gasteiger partial charge in [-0.05, 0) is 47.0 Å². The zero-order valence-electron chi connectivity index (χ0n) is 7.53. The second-order valence-corrected chi connectivity index (χ2v) is 3.91. The van der Waals surface area contributed by atoms with Crippen molar-refractivity contribution in [2.24, 2.45) is 0 Å². The second kappa shape index (κ2) is 3.71. The van der Waals surface area contributed by atoms with Crippen molar-refractivity contribution >= 4 is 11.3 Å². The van der Waals surface area contributed by atoms with Crippen LogP contribution in [0, 0.1) is 6.92 Å². The van der Waals surface area contributed by atoms with Crippen LogP contribution in [0.3, 0.4) is 0 Å². The molecule has 0 radical (unpaired) electrons. The molecule has 66 valence electrons. The molecule has 1 nitrogen and oxygen atoms in total. The van der Waals surface area contributed by atoms with Crippen molar-refractivity contribution < 1.29 is 0 Å². The van der Waals surface area contributed by atoms with Gasteiger partial charge in [0.05, 0.1) is 0 Å². The minimum Gasteiger partial charge on any atom is -0.261 e. The first-order valence-corrected chi connectivity index (χ1v) is 5.21. The number of rotatable bonds is 2. The summed E-state index contributed by atoms with van der Waals surface area (Å²) < 4.78 is 0. The van der Waals surface area contributed by atoms with Gasteiger partial charge in [0.25, 0.3) is 0 Å². The Morgan fingerprint density at radius 2 is 2.31 bits per heavy atom. The van der Waals surface area contributed by atoms with Gasteiger partial charge in [-0.15, -0.1) is 0 Å². The van der Waals surface area contributed by atoms with E-state index < -0.39 is 0 Å². The molecule has 0 aromatic carbocycles. The molecule has 2 aromatic rings. The summed E-state index contributed by atoms with van der Waals surface area (Å²) in [7, 11) is 0. The van der Waals surface area contributed by atoms with Crippen LogP contribution in [0.25, 0.3) is 0 Å². The Hall–Kier alpha value is -1.15. The molecular weight excluding hydrogens is 178 g/mol. The highest BCUT2D eigenvalue weighted by atomic mass is 32.1. The van der Waals surface area contributed by atoms with Crippen LogP contribution in [0.2, 0.25) is 0 Å². The molecule has 0 aliphatic carbocycles. The molecule has 13 heavy (non-hydrogen) atoms. The van der Waals surface area contributed by atoms with Crippen molar-refractivity contribution in [2.45, 2.75) is 13.3 Å². The fraction of sp³-hybridized carbons (Fsp3) is 0.182. The largest absolute Gasteiger partial charge is 0.261 e. The SMILES string of the molecule is Cc1ccnc(Cc2ccsc2)c1. The average molecular weight is 189 g/mol. The third-order valence-corrected chi connectivity index (χ3v) is 2.67. The molecule has 0 bridgehead atoms. The van der Waals surface area contributed by atoms with Crippen molar-refractivity contribution in [3.63, 3.8) is 0 Å². The average Bonchev–Trinajstić information content (AvgIpc) is 2.57. The minimum atomic E-state index is 0.950. The van der Waals surface area contributed by atoms with Crippen molar-refractivity contribution in [2.75, 3.05) is 0 Å². The first-order chi connectivity index (χ1) is 6.34. The van der Waals surface area contributed by atoms with E-state index in [1.54, 1.807) is 11.3 Å². The summed E-state index contributed by atoms with van der Waals surface area (Å²) in [6.45, 7) is 2.10. The molecule has 0 unspecified atom stereocenters. The summed E-state index contributed by atoms with van der Waals surface area (Å²) in [6.07, 6.45) is 2.82. The van der Waals surface area contributed by atoms with Gasteiger partial charge in [0, 0.05) is 18.3 Å². The Balaban J connectivity index is 2.19. The highest BCUT2D eigenvalue weighted by Crippen LogP contribution is 2.11. The normalized spacial score (nSPS) is 10.2. The molecule has 0 spiro atoms. The maximum atomic E-state index is 4.32. The minimum absolute atomic E-state index is 0.950. The van der Waals surface area contributed by atoms with Crippen LogP contribution in [-0.4, -0.2) is 4.98 Å². The van der Waals surface area contributed by atoms with Crippen LogP contribution in [0.4, 0.5) is 0 Å². The van der Waals surface area contributed by atoms with Crippen LogP contribution in [0.15, 0.2) is 35.2 Å². The summed E-state index contributed by atoms with van der Waals surface area (Å²) in [5, 5.41) is 4.27. The molecule has 2 heterocycles. The first kappa shape index (κ1) is 8.45. The Morgan fingerprint density at radius 3 is 3.00 bits per heavy atom. The van der Waals surface area contributed by atoms with Gasteiger partial charge in [-0.3, -0.25) is 4.98 Å². The quantitative estimate of drug-likeness (QED) is 0.707. The summed E-state index contributed by atoms with van der Waals surface area (Å²) in [4.78, 5) is 4.32. The van der Waals surface area contributed by atoms with Crippen LogP contribution >= 0.6 is 11.3 Å². The van der Waals surface area contributed by atoms with Gasteiger partial charge >= 0.3 is 0 Å². The molecular formula is C11H11NS. The number of hydrogen-bond donors (Lipinski definition) is 0. The molecule has 0 N–H and O–H groups in total. The topological polar surface area (TPSA) is 12.9 Å². The zero-order valence-corrected chi connectivity index (χ0v) is 8.34. The molecule has 0 saturated heterocycles. The molecule has 0 aliphatic rings. The molecule has 0 aliphatic heterocycles. The Bertz CT molecular complexity index is 379. The molecule has 0 amide bonds. The molecule has 0 atom stereocenters. The van der Waals surface area contributed by atoms with Crippen LogP contribution in [0.1, 0.15) is 16.8 Å². The maximum absolute atomic E-state index is 4.32. The fourth-order valence-corrected chi connectivity index (χ4v) is 1.97.